The van der Waals surface area contributed by atoms with E-state index in [4.69, 9.17) is 9.47 Å². The minimum absolute atomic E-state index is 0.0156. The molecule has 0 radical (unpaired) electrons. The van der Waals surface area contributed by atoms with Gasteiger partial charge in [0, 0.05) is 24.2 Å². The van der Waals surface area contributed by atoms with Crippen LogP contribution < -0.4 is 14.3 Å². The molecule has 0 aliphatic carbocycles. The number of aryl methyl sites for hydroxylation is 1. The maximum atomic E-state index is 13.0. The van der Waals surface area contributed by atoms with Crippen molar-refractivity contribution in [3.05, 3.63) is 52.3 Å². The van der Waals surface area contributed by atoms with Crippen LogP contribution in [-0.4, -0.2) is 36.8 Å². The van der Waals surface area contributed by atoms with E-state index in [-0.39, 0.29) is 23.3 Å². The summed E-state index contributed by atoms with van der Waals surface area (Å²) in [5.74, 6) is -0.221. The predicted molar refractivity (Wildman–Crippen MR) is 109 cm³/mol. The van der Waals surface area contributed by atoms with Gasteiger partial charge >= 0.3 is 12.1 Å². The van der Waals surface area contributed by atoms with E-state index in [9.17, 15) is 22.8 Å². The number of fused-ring (bicyclic) bond motifs is 2. The molecule has 32 heavy (non-hydrogen) atoms. The number of esters is 1. The van der Waals surface area contributed by atoms with Crippen molar-refractivity contribution in [2.75, 3.05) is 20.3 Å². The Bertz CT molecular complexity index is 1260. The molecule has 0 atom stereocenters. The molecular formula is C21H17F3N2O5S. The molecule has 4 rings (SSSR count). The van der Waals surface area contributed by atoms with Gasteiger partial charge in [-0.25, -0.2) is 0 Å². The Labute approximate surface area is 183 Å². The van der Waals surface area contributed by atoms with E-state index < -0.39 is 23.6 Å². The van der Waals surface area contributed by atoms with Gasteiger partial charge in [-0.1, -0.05) is 17.4 Å². The monoisotopic (exact) mass is 466 g/mol. The van der Waals surface area contributed by atoms with Crippen molar-refractivity contribution in [1.82, 2.24) is 4.57 Å². The molecule has 1 amide bonds. The molecule has 7 nitrogen and oxygen atoms in total. The van der Waals surface area contributed by atoms with Crippen LogP contribution in [-0.2, 0) is 22.3 Å². The van der Waals surface area contributed by atoms with Gasteiger partial charge in [0.05, 0.1) is 29.3 Å². The zero-order chi connectivity index (χ0) is 22.9. The van der Waals surface area contributed by atoms with Gasteiger partial charge in [0.25, 0.3) is 5.91 Å². The van der Waals surface area contributed by atoms with Gasteiger partial charge in [-0.05, 0) is 18.2 Å². The summed E-state index contributed by atoms with van der Waals surface area (Å²) in [5, 5.41) is 0. The number of alkyl halides is 3. The second kappa shape index (κ2) is 8.65. The SMILES string of the molecule is COC(=O)CCn1c(=NC(=O)c2cccc(C(F)(F)F)c2)sc2cc3c(cc21)OCCO3. The van der Waals surface area contributed by atoms with E-state index >= 15 is 0 Å². The number of benzene rings is 2. The van der Waals surface area contributed by atoms with Crippen molar-refractivity contribution in [2.24, 2.45) is 4.99 Å². The molecule has 1 aromatic heterocycles. The van der Waals surface area contributed by atoms with Crippen LogP contribution in [0.4, 0.5) is 13.2 Å². The largest absolute Gasteiger partial charge is 0.486 e. The van der Waals surface area contributed by atoms with Crippen LogP contribution in [0, 0.1) is 0 Å². The summed E-state index contributed by atoms with van der Waals surface area (Å²) in [7, 11) is 1.27. The molecule has 0 saturated carbocycles. The summed E-state index contributed by atoms with van der Waals surface area (Å²) in [6.07, 6.45) is -4.56. The summed E-state index contributed by atoms with van der Waals surface area (Å²) in [4.78, 5) is 28.7. The van der Waals surface area contributed by atoms with Crippen LogP contribution in [0.1, 0.15) is 22.3 Å². The zero-order valence-corrected chi connectivity index (χ0v) is 17.6. The van der Waals surface area contributed by atoms with Crippen molar-refractivity contribution in [2.45, 2.75) is 19.1 Å². The number of hydrogen-bond donors (Lipinski definition) is 0. The number of nitrogens with zero attached hydrogens (tertiary/aromatic N) is 2. The normalized spacial score (nSPS) is 13.9. The summed E-state index contributed by atoms with van der Waals surface area (Å²) in [6, 6.07) is 7.55. The molecule has 0 bridgehead atoms. The third-order valence-corrected chi connectivity index (χ3v) is 5.79. The quantitative estimate of drug-likeness (QED) is 0.547. The number of amides is 1. The van der Waals surface area contributed by atoms with Crippen molar-refractivity contribution in [3.8, 4) is 11.5 Å². The highest BCUT2D eigenvalue weighted by atomic mass is 32.1. The molecule has 3 aromatic rings. The number of thiazole rings is 1. The summed E-state index contributed by atoms with van der Waals surface area (Å²) >= 11 is 1.15. The van der Waals surface area contributed by atoms with Crippen molar-refractivity contribution < 1.29 is 37.0 Å². The van der Waals surface area contributed by atoms with Crippen molar-refractivity contribution in [3.63, 3.8) is 0 Å². The third-order valence-electron chi connectivity index (χ3n) is 4.75. The van der Waals surface area contributed by atoms with Gasteiger partial charge in [0.1, 0.15) is 13.2 Å². The van der Waals surface area contributed by atoms with E-state index in [0.717, 1.165) is 34.2 Å². The lowest BCUT2D eigenvalue weighted by Gasteiger charge is -2.18. The van der Waals surface area contributed by atoms with E-state index in [1.165, 1.54) is 13.2 Å². The zero-order valence-electron chi connectivity index (χ0n) is 16.8. The lowest BCUT2D eigenvalue weighted by Crippen LogP contribution is -2.19. The van der Waals surface area contributed by atoms with Crippen LogP contribution >= 0.6 is 11.3 Å². The number of hydrogen-bond acceptors (Lipinski definition) is 6. The maximum absolute atomic E-state index is 13.0. The van der Waals surface area contributed by atoms with Crippen LogP contribution in [0.3, 0.4) is 0 Å². The Morgan fingerprint density at radius 3 is 2.56 bits per heavy atom. The second-order valence-corrected chi connectivity index (χ2v) is 7.83. The molecule has 168 valence electrons. The van der Waals surface area contributed by atoms with E-state index in [0.29, 0.717) is 30.2 Å². The Morgan fingerprint density at radius 2 is 1.88 bits per heavy atom. The molecule has 1 aliphatic heterocycles. The molecule has 1 aliphatic rings. The summed E-state index contributed by atoms with van der Waals surface area (Å²) in [5.41, 5.74) is -0.475. The number of ether oxygens (including phenoxy) is 3. The van der Waals surface area contributed by atoms with Gasteiger partial charge in [-0.2, -0.15) is 18.2 Å². The highest BCUT2D eigenvalue weighted by Crippen LogP contribution is 2.35. The third kappa shape index (κ3) is 4.47. The summed E-state index contributed by atoms with van der Waals surface area (Å²) < 4.78 is 57.3. The van der Waals surface area contributed by atoms with Gasteiger partial charge in [-0.3, -0.25) is 9.59 Å². The molecule has 0 N–H and O–H groups in total. The highest BCUT2D eigenvalue weighted by molar-refractivity contribution is 7.16. The molecule has 0 spiro atoms. The standard InChI is InChI=1S/C21H17F3N2O5S/c1-29-18(27)5-6-26-14-10-15-16(31-8-7-30-15)11-17(14)32-20(26)25-19(28)12-3-2-4-13(9-12)21(22,23)24/h2-4,9-11H,5-8H2,1H3. The van der Waals surface area contributed by atoms with Crippen LogP contribution in [0.2, 0.25) is 0 Å². The first kappa shape index (κ1) is 21.9. The summed E-state index contributed by atoms with van der Waals surface area (Å²) in [6.45, 7) is 0.939. The average Bonchev–Trinajstić information content (AvgIpc) is 3.10. The average molecular weight is 466 g/mol. The molecule has 0 unspecified atom stereocenters. The molecule has 2 aromatic carbocycles. The number of rotatable bonds is 4. The molecule has 0 saturated heterocycles. The fourth-order valence-corrected chi connectivity index (χ4v) is 4.26. The first-order chi connectivity index (χ1) is 15.3. The highest BCUT2D eigenvalue weighted by Gasteiger charge is 2.31. The Hall–Kier alpha value is -3.34. The lowest BCUT2D eigenvalue weighted by molar-refractivity contribution is -0.141. The lowest BCUT2D eigenvalue weighted by atomic mass is 10.1. The van der Waals surface area contributed by atoms with Gasteiger partial charge < -0.3 is 18.8 Å². The smallest absolute Gasteiger partial charge is 0.416 e. The number of carbonyl (C=O) groups excluding carboxylic acids is 2. The Kier molecular flexibility index (Phi) is 5.92. The van der Waals surface area contributed by atoms with Crippen molar-refractivity contribution in [1.29, 1.82) is 0 Å². The molecule has 11 heteroatoms. The van der Waals surface area contributed by atoms with Gasteiger partial charge in [0.2, 0.25) is 0 Å². The van der Waals surface area contributed by atoms with Crippen LogP contribution in [0.25, 0.3) is 10.2 Å². The van der Waals surface area contributed by atoms with E-state index in [1.54, 1.807) is 16.7 Å². The first-order valence-electron chi connectivity index (χ1n) is 9.52. The fourth-order valence-electron chi connectivity index (χ4n) is 3.19. The van der Waals surface area contributed by atoms with Gasteiger partial charge in [0.15, 0.2) is 16.3 Å². The maximum Gasteiger partial charge on any atom is 0.416 e. The van der Waals surface area contributed by atoms with Gasteiger partial charge in [-0.15, -0.1) is 0 Å². The number of methoxy groups -OCH3 is 1. The Morgan fingerprint density at radius 1 is 1.16 bits per heavy atom. The molecule has 0 fully saturated rings. The van der Waals surface area contributed by atoms with E-state index in [2.05, 4.69) is 9.73 Å². The predicted octanol–water partition coefficient (Wildman–Crippen LogP) is 3.80. The van der Waals surface area contributed by atoms with Crippen LogP contribution in [0.5, 0.6) is 11.5 Å². The first-order valence-corrected chi connectivity index (χ1v) is 10.3. The number of halogens is 3. The fraction of sp³-hybridized carbons (Fsp3) is 0.286. The number of carbonyl (C=O) groups is 2. The minimum Gasteiger partial charge on any atom is -0.486 e. The second-order valence-electron chi connectivity index (χ2n) is 6.82. The Balaban J connectivity index is 1.80. The van der Waals surface area contributed by atoms with E-state index in [1.807, 2.05) is 0 Å². The minimum atomic E-state index is -4.58. The topological polar surface area (TPSA) is 79.1 Å². The van der Waals surface area contributed by atoms with Crippen molar-refractivity contribution >= 4 is 33.4 Å². The molecule has 2 heterocycles. The van der Waals surface area contributed by atoms with Crippen LogP contribution in [0.15, 0.2) is 41.4 Å². The number of aromatic nitrogens is 1. The molecular weight excluding hydrogens is 449 g/mol.